The van der Waals surface area contributed by atoms with Gasteiger partial charge in [0.25, 0.3) is 0 Å². The van der Waals surface area contributed by atoms with Gasteiger partial charge < -0.3 is 0 Å². The predicted octanol–water partition coefficient (Wildman–Crippen LogP) is 5.27. The van der Waals surface area contributed by atoms with Gasteiger partial charge >= 0.3 is 132 Å². The van der Waals surface area contributed by atoms with Crippen molar-refractivity contribution in [3.63, 3.8) is 0 Å². The molecule has 0 aliphatic heterocycles. The van der Waals surface area contributed by atoms with Crippen LogP contribution < -0.4 is 5.38 Å². The SMILES string of the molecule is CC1=C(C)[CH]([Zr]([Cl])[Cl])C(c2ccc([Si](C)(C)C)o2)=C1. The van der Waals surface area contributed by atoms with E-state index in [1.54, 1.807) is 0 Å². The summed E-state index contributed by atoms with van der Waals surface area (Å²) in [6, 6.07) is 4.20. The van der Waals surface area contributed by atoms with Crippen molar-refractivity contribution in [2.45, 2.75) is 37.1 Å². The predicted molar refractivity (Wildman–Crippen MR) is 83.5 cm³/mol. The van der Waals surface area contributed by atoms with Crippen LogP contribution in [0.4, 0.5) is 0 Å². The topological polar surface area (TPSA) is 13.1 Å². The van der Waals surface area contributed by atoms with Crippen molar-refractivity contribution in [1.82, 2.24) is 0 Å². The molecule has 0 saturated heterocycles. The zero-order valence-electron chi connectivity index (χ0n) is 12.0. The van der Waals surface area contributed by atoms with Crippen LogP contribution in [0.3, 0.4) is 0 Å². The molecule has 0 radical (unpaired) electrons. The van der Waals surface area contributed by atoms with Gasteiger partial charge in [0.2, 0.25) is 0 Å². The van der Waals surface area contributed by atoms with E-state index in [4.69, 9.17) is 21.4 Å². The fourth-order valence-electron chi connectivity index (χ4n) is 2.28. The number of rotatable bonds is 3. The third-order valence-corrected chi connectivity index (χ3v) is 10.8. The van der Waals surface area contributed by atoms with Gasteiger partial charge in [-0.3, -0.25) is 0 Å². The van der Waals surface area contributed by atoms with Crippen molar-refractivity contribution in [2.75, 3.05) is 0 Å². The molecule has 0 saturated carbocycles. The van der Waals surface area contributed by atoms with E-state index >= 15 is 0 Å². The molecule has 1 heterocycles. The van der Waals surface area contributed by atoms with Gasteiger partial charge in [0.15, 0.2) is 0 Å². The van der Waals surface area contributed by atoms with Gasteiger partial charge in [0.05, 0.1) is 0 Å². The second kappa shape index (κ2) is 5.67. The molecule has 1 aromatic heterocycles. The summed E-state index contributed by atoms with van der Waals surface area (Å²) in [5, 5.41) is 1.14. The molecule has 19 heavy (non-hydrogen) atoms. The summed E-state index contributed by atoms with van der Waals surface area (Å²) in [4.78, 5) is 0. The molecule has 1 aliphatic carbocycles. The van der Waals surface area contributed by atoms with E-state index in [1.807, 2.05) is 0 Å². The van der Waals surface area contributed by atoms with Gasteiger partial charge in [0, 0.05) is 0 Å². The molecule has 0 amide bonds. The Morgan fingerprint density at radius 2 is 1.79 bits per heavy atom. The Labute approximate surface area is 131 Å². The Bertz CT molecular complexity index is 552. The van der Waals surface area contributed by atoms with Crippen LogP contribution in [0.2, 0.25) is 23.3 Å². The normalized spacial score (nSPS) is 19.9. The van der Waals surface area contributed by atoms with Crippen LogP contribution in [-0.4, -0.2) is 8.07 Å². The van der Waals surface area contributed by atoms with Crippen molar-refractivity contribution in [3.8, 4) is 0 Å². The molecule has 0 fully saturated rings. The fraction of sp³-hybridized carbons (Fsp3) is 0.429. The van der Waals surface area contributed by atoms with Gasteiger partial charge in [0.1, 0.15) is 0 Å². The first-order valence-electron chi connectivity index (χ1n) is 6.39. The second-order valence-corrected chi connectivity index (χ2v) is 19.9. The van der Waals surface area contributed by atoms with E-state index in [2.05, 4.69) is 51.7 Å². The van der Waals surface area contributed by atoms with Crippen LogP contribution in [0.15, 0.2) is 33.8 Å². The summed E-state index contributed by atoms with van der Waals surface area (Å²) in [7, 11) is 11.3. The zero-order chi connectivity index (χ0) is 14.4. The van der Waals surface area contributed by atoms with Crippen molar-refractivity contribution in [3.05, 3.63) is 35.1 Å². The number of hydrogen-bond donors (Lipinski definition) is 0. The maximum absolute atomic E-state index is 6.34. The zero-order valence-corrected chi connectivity index (χ0v) is 16.9. The van der Waals surface area contributed by atoms with E-state index in [0.29, 0.717) is 0 Å². The maximum atomic E-state index is 6.34. The summed E-state index contributed by atoms with van der Waals surface area (Å²) < 4.78 is 6.33. The average molecular weight is 394 g/mol. The summed E-state index contributed by atoms with van der Waals surface area (Å²) in [6.07, 6.45) is 2.19. The number of hydrogen-bond acceptors (Lipinski definition) is 1. The molecule has 103 valence electrons. The van der Waals surface area contributed by atoms with Crippen LogP contribution in [-0.2, 0) is 19.4 Å². The van der Waals surface area contributed by atoms with Crippen LogP contribution >= 0.6 is 17.0 Å². The Balaban J connectivity index is 2.38. The minimum atomic E-state index is -2.38. The molecule has 1 aliphatic rings. The number of allylic oxidation sites excluding steroid dienone is 4. The van der Waals surface area contributed by atoms with Gasteiger partial charge in [-0.05, 0) is 0 Å². The Morgan fingerprint density at radius 1 is 1.16 bits per heavy atom. The van der Waals surface area contributed by atoms with Crippen LogP contribution in [0.1, 0.15) is 19.6 Å². The molecule has 0 spiro atoms. The van der Waals surface area contributed by atoms with Crippen LogP contribution in [0.5, 0.6) is 0 Å². The first kappa shape index (κ1) is 15.8. The molecule has 1 nitrogen and oxygen atoms in total. The molecule has 1 aromatic rings. The standard InChI is InChI=1S/C14H19OSi.2ClH.Zr/c1-10-8-12(9-11(10)2)13-6-7-14(15-13)16(3,4)5;;;/h6-9H,1-5H3;2*1H;/q;;;+2/p-2. The Morgan fingerprint density at radius 3 is 2.26 bits per heavy atom. The monoisotopic (exact) mass is 391 g/mol. The third kappa shape index (κ3) is 3.20. The molecule has 0 N–H and O–H groups in total. The molecule has 0 aromatic carbocycles. The number of furan rings is 1. The van der Waals surface area contributed by atoms with E-state index in [0.717, 1.165) is 11.1 Å². The molecule has 0 bridgehead atoms. The Hall–Kier alpha value is 0.440. The van der Waals surface area contributed by atoms with Crippen molar-refractivity contribution < 1.29 is 23.8 Å². The molecule has 5 heteroatoms. The van der Waals surface area contributed by atoms with Crippen molar-refractivity contribution >= 4 is 36.1 Å². The first-order chi connectivity index (χ1) is 8.71. The van der Waals surface area contributed by atoms with Gasteiger partial charge in [-0.2, -0.15) is 0 Å². The van der Waals surface area contributed by atoms with Crippen LogP contribution in [0, 0.1) is 0 Å². The van der Waals surface area contributed by atoms with Gasteiger partial charge in [-0.15, -0.1) is 0 Å². The average Bonchev–Trinajstić information content (AvgIpc) is 2.84. The second-order valence-electron chi connectivity index (χ2n) is 6.10. The molecule has 1 atom stereocenters. The summed E-state index contributed by atoms with van der Waals surface area (Å²) in [5.74, 6) is 0.957. The van der Waals surface area contributed by atoms with Crippen LogP contribution in [0.25, 0.3) is 5.57 Å². The van der Waals surface area contributed by atoms with Gasteiger partial charge in [-0.1, -0.05) is 0 Å². The summed E-state index contributed by atoms with van der Waals surface area (Å²) >= 11 is -2.38. The summed E-state index contributed by atoms with van der Waals surface area (Å²) in [6.45, 7) is 11.1. The Kier molecular flexibility index (Phi) is 4.72. The molecular formula is C14H19Cl2OSiZr. The third-order valence-electron chi connectivity index (χ3n) is 3.59. The molecule has 2 rings (SSSR count). The van der Waals surface area contributed by atoms with E-state index in [1.165, 1.54) is 16.7 Å². The fourth-order valence-corrected chi connectivity index (χ4v) is 9.11. The van der Waals surface area contributed by atoms with E-state index in [9.17, 15) is 0 Å². The van der Waals surface area contributed by atoms with Gasteiger partial charge in [-0.25, -0.2) is 0 Å². The van der Waals surface area contributed by atoms with E-state index in [-0.39, 0.29) is 3.63 Å². The molecular weight excluding hydrogens is 374 g/mol. The summed E-state index contributed by atoms with van der Waals surface area (Å²) in [5.41, 5.74) is 3.80. The first-order valence-corrected chi connectivity index (χ1v) is 17.6. The quantitative estimate of drug-likeness (QED) is 0.638. The number of halogens is 2. The van der Waals surface area contributed by atoms with Crippen molar-refractivity contribution in [2.24, 2.45) is 0 Å². The van der Waals surface area contributed by atoms with E-state index < -0.39 is 27.4 Å². The minimum absolute atomic E-state index is 0.242. The molecule has 1 unspecified atom stereocenters. The van der Waals surface area contributed by atoms with Crippen molar-refractivity contribution in [1.29, 1.82) is 0 Å².